The highest BCUT2D eigenvalue weighted by Gasteiger charge is 2.43. The molecular weight excluding hydrogens is 338 g/mol. The second-order valence-electron chi connectivity index (χ2n) is 7.36. The van der Waals surface area contributed by atoms with Crippen molar-refractivity contribution in [3.8, 4) is 0 Å². The molecule has 5 heteroatoms. The third-order valence-corrected chi connectivity index (χ3v) is 5.82. The molecule has 2 saturated heterocycles. The third kappa shape index (κ3) is 3.23. The van der Waals surface area contributed by atoms with E-state index >= 15 is 0 Å². The van der Waals surface area contributed by atoms with Crippen molar-refractivity contribution in [2.75, 3.05) is 36.0 Å². The van der Waals surface area contributed by atoms with Crippen LogP contribution < -0.4 is 9.80 Å². The van der Waals surface area contributed by atoms with Gasteiger partial charge in [-0.05, 0) is 43.2 Å². The van der Waals surface area contributed by atoms with E-state index in [4.69, 9.17) is 0 Å². The number of para-hydroxylation sites is 1. The fraction of sp³-hybridized carbons (Fsp3) is 0.364. The summed E-state index contributed by atoms with van der Waals surface area (Å²) in [5.41, 5.74) is 4.03. The number of carbonyl (C=O) groups excluding carboxylic acids is 2. The van der Waals surface area contributed by atoms with Crippen molar-refractivity contribution in [1.82, 2.24) is 4.90 Å². The number of amides is 2. The SMILES string of the molecule is Cc1cccc(N2C(=O)C[C@@H](N3CCN(c4ccccc4)CC3)C2=O)c1C. The van der Waals surface area contributed by atoms with Gasteiger partial charge in [0.25, 0.3) is 5.91 Å². The molecule has 0 spiro atoms. The molecule has 0 unspecified atom stereocenters. The van der Waals surface area contributed by atoms with Crippen molar-refractivity contribution in [3.63, 3.8) is 0 Å². The number of hydrogen-bond donors (Lipinski definition) is 0. The molecule has 0 bridgehead atoms. The van der Waals surface area contributed by atoms with Crippen LogP contribution >= 0.6 is 0 Å². The van der Waals surface area contributed by atoms with Crippen LogP contribution in [0.5, 0.6) is 0 Å². The maximum atomic E-state index is 13.1. The Morgan fingerprint density at radius 1 is 0.852 bits per heavy atom. The number of piperazine rings is 1. The van der Waals surface area contributed by atoms with Crippen LogP contribution in [0.1, 0.15) is 17.5 Å². The first-order valence-corrected chi connectivity index (χ1v) is 9.53. The molecule has 0 aromatic heterocycles. The fourth-order valence-electron chi connectivity index (χ4n) is 4.06. The van der Waals surface area contributed by atoms with Crippen molar-refractivity contribution < 1.29 is 9.59 Å². The molecule has 2 aromatic carbocycles. The molecule has 2 aliphatic heterocycles. The minimum Gasteiger partial charge on any atom is -0.369 e. The van der Waals surface area contributed by atoms with Crippen LogP contribution in [-0.2, 0) is 9.59 Å². The van der Waals surface area contributed by atoms with Crippen LogP contribution in [0, 0.1) is 13.8 Å². The Labute approximate surface area is 160 Å². The lowest BCUT2D eigenvalue weighted by Gasteiger charge is -2.38. The molecule has 0 saturated carbocycles. The normalized spacial score (nSPS) is 21.2. The Bertz CT molecular complexity index is 857. The molecule has 140 valence electrons. The quantitative estimate of drug-likeness (QED) is 0.787. The first-order chi connectivity index (χ1) is 13.1. The van der Waals surface area contributed by atoms with Crippen LogP contribution in [-0.4, -0.2) is 48.9 Å². The highest BCUT2D eigenvalue weighted by Crippen LogP contribution is 2.30. The van der Waals surface area contributed by atoms with E-state index in [0.717, 1.165) is 43.0 Å². The average Bonchev–Trinajstić information content (AvgIpc) is 2.99. The third-order valence-electron chi connectivity index (χ3n) is 5.82. The van der Waals surface area contributed by atoms with Gasteiger partial charge in [0.1, 0.15) is 0 Å². The first-order valence-electron chi connectivity index (χ1n) is 9.53. The number of hydrogen-bond acceptors (Lipinski definition) is 4. The van der Waals surface area contributed by atoms with E-state index in [-0.39, 0.29) is 24.3 Å². The number of rotatable bonds is 3. The van der Waals surface area contributed by atoms with Gasteiger partial charge in [0.05, 0.1) is 18.2 Å². The number of benzene rings is 2. The molecule has 27 heavy (non-hydrogen) atoms. The Balaban J connectivity index is 1.48. The summed E-state index contributed by atoms with van der Waals surface area (Å²) in [7, 11) is 0. The molecule has 1 atom stereocenters. The van der Waals surface area contributed by atoms with Gasteiger partial charge in [-0.25, -0.2) is 4.90 Å². The molecule has 0 radical (unpaired) electrons. The summed E-state index contributed by atoms with van der Waals surface area (Å²) in [5, 5.41) is 0. The summed E-state index contributed by atoms with van der Waals surface area (Å²) < 4.78 is 0. The second kappa shape index (κ2) is 7.16. The molecule has 0 aliphatic carbocycles. The van der Waals surface area contributed by atoms with Crippen LogP contribution in [0.25, 0.3) is 0 Å². The minimum atomic E-state index is -0.338. The Morgan fingerprint density at radius 2 is 1.56 bits per heavy atom. The smallest absolute Gasteiger partial charge is 0.251 e. The number of nitrogens with zero attached hydrogens (tertiary/aromatic N) is 3. The van der Waals surface area contributed by atoms with Gasteiger partial charge in [-0.2, -0.15) is 0 Å². The van der Waals surface area contributed by atoms with E-state index in [0.29, 0.717) is 0 Å². The monoisotopic (exact) mass is 363 g/mol. The zero-order valence-electron chi connectivity index (χ0n) is 15.9. The van der Waals surface area contributed by atoms with Crippen LogP contribution in [0.3, 0.4) is 0 Å². The Kier molecular flexibility index (Phi) is 4.70. The zero-order valence-corrected chi connectivity index (χ0v) is 15.9. The van der Waals surface area contributed by atoms with E-state index in [1.165, 1.54) is 10.6 Å². The molecule has 2 heterocycles. The van der Waals surface area contributed by atoms with Crippen LogP contribution in [0.2, 0.25) is 0 Å². The van der Waals surface area contributed by atoms with Gasteiger partial charge in [0.15, 0.2) is 0 Å². The first kappa shape index (κ1) is 17.7. The molecule has 4 rings (SSSR count). The van der Waals surface area contributed by atoms with Crippen molar-refractivity contribution in [1.29, 1.82) is 0 Å². The van der Waals surface area contributed by atoms with Crippen molar-refractivity contribution in [3.05, 3.63) is 59.7 Å². The summed E-state index contributed by atoms with van der Waals surface area (Å²) in [5.74, 6) is -0.175. The standard InChI is InChI=1S/C22H25N3O2/c1-16-7-6-10-19(17(16)2)25-21(26)15-20(22(25)27)24-13-11-23(12-14-24)18-8-4-3-5-9-18/h3-10,20H,11-15H2,1-2H3/t20-/m1/s1. The molecule has 2 fully saturated rings. The fourth-order valence-corrected chi connectivity index (χ4v) is 4.06. The number of aryl methyl sites for hydroxylation is 1. The summed E-state index contributed by atoms with van der Waals surface area (Å²) >= 11 is 0. The predicted octanol–water partition coefficient (Wildman–Crippen LogP) is 2.76. The van der Waals surface area contributed by atoms with Gasteiger partial charge < -0.3 is 4.90 Å². The van der Waals surface area contributed by atoms with Gasteiger partial charge in [0, 0.05) is 31.9 Å². The van der Waals surface area contributed by atoms with E-state index in [2.05, 4.69) is 21.9 Å². The minimum absolute atomic E-state index is 0.0816. The molecular formula is C22H25N3O2. The largest absolute Gasteiger partial charge is 0.369 e. The maximum Gasteiger partial charge on any atom is 0.251 e. The average molecular weight is 363 g/mol. The topological polar surface area (TPSA) is 43.9 Å². The van der Waals surface area contributed by atoms with Crippen molar-refractivity contribution in [2.45, 2.75) is 26.3 Å². The lowest BCUT2D eigenvalue weighted by atomic mass is 10.1. The molecule has 5 nitrogen and oxygen atoms in total. The zero-order chi connectivity index (χ0) is 19.0. The van der Waals surface area contributed by atoms with Gasteiger partial charge >= 0.3 is 0 Å². The second-order valence-corrected chi connectivity index (χ2v) is 7.36. The Morgan fingerprint density at radius 3 is 2.26 bits per heavy atom. The number of carbonyl (C=O) groups is 2. The maximum absolute atomic E-state index is 13.1. The van der Waals surface area contributed by atoms with Crippen LogP contribution in [0.4, 0.5) is 11.4 Å². The predicted molar refractivity (Wildman–Crippen MR) is 107 cm³/mol. The lowest BCUT2D eigenvalue weighted by molar-refractivity contribution is -0.123. The van der Waals surface area contributed by atoms with E-state index in [1.54, 1.807) is 0 Å². The number of imide groups is 1. The molecule has 2 amide bonds. The van der Waals surface area contributed by atoms with Crippen molar-refractivity contribution in [2.24, 2.45) is 0 Å². The molecule has 0 N–H and O–H groups in total. The van der Waals surface area contributed by atoms with E-state index < -0.39 is 0 Å². The lowest BCUT2D eigenvalue weighted by Crippen LogP contribution is -2.52. The molecule has 2 aliphatic rings. The summed E-state index contributed by atoms with van der Waals surface area (Å²) in [6.07, 6.45) is 0.275. The van der Waals surface area contributed by atoms with Crippen molar-refractivity contribution >= 4 is 23.2 Å². The van der Waals surface area contributed by atoms with Gasteiger partial charge in [-0.3, -0.25) is 14.5 Å². The van der Waals surface area contributed by atoms with Gasteiger partial charge in [-0.1, -0.05) is 30.3 Å². The molecule has 2 aromatic rings. The summed E-state index contributed by atoms with van der Waals surface area (Å²) in [4.78, 5) is 31.6. The van der Waals surface area contributed by atoms with E-state index in [9.17, 15) is 9.59 Å². The van der Waals surface area contributed by atoms with Gasteiger partial charge in [0.2, 0.25) is 5.91 Å². The Hall–Kier alpha value is -2.66. The van der Waals surface area contributed by atoms with Gasteiger partial charge in [-0.15, -0.1) is 0 Å². The number of anilines is 2. The summed E-state index contributed by atoms with van der Waals surface area (Å²) in [6, 6.07) is 15.8. The highest BCUT2D eigenvalue weighted by atomic mass is 16.2. The van der Waals surface area contributed by atoms with E-state index in [1.807, 2.05) is 50.2 Å². The van der Waals surface area contributed by atoms with Crippen LogP contribution in [0.15, 0.2) is 48.5 Å². The highest BCUT2D eigenvalue weighted by molar-refractivity contribution is 6.22. The summed E-state index contributed by atoms with van der Waals surface area (Å²) in [6.45, 7) is 7.29.